The average Bonchev–Trinajstić information content (AvgIpc) is 2.66. The van der Waals surface area contributed by atoms with E-state index in [1.54, 1.807) is 0 Å². The van der Waals surface area contributed by atoms with Gasteiger partial charge in [-0.3, -0.25) is 4.79 Å². The van der Waals surface area contributed by atoms with Gasteiger partial charge in [0.25, 0.3) is 0 Å². The molecular weight excluding hydrogens is 326 g/mol. The summed E-state index contributed by atoms with van der Waals surface area (Å²) in [5, 5.41) is 3.17. The van der Waals surface area contributed by atoms with Crippen LogP contribution in [0.5, 0.6) is 5.75 Å². The minimum atomic E-state index is -0.325. The molecule has 1 amide bonds. The van der Waals surface area contributed by atoms with Crippen molar-refractivity contribution >= 4 is 23.0 Å². The summed E-state index contributed by atoms with van der Waals surface area (Å²) in [5.41, 5.74) is 10.8. The molecule has 2 aromatic rings. The molecule has 3 N–H and O–H groups in total. The maximum absolute atomic E-state index is 13.0. The fourth-order valence-electron chi connectivity index (χ4n) is 3.43. The molecule has 26 heavy (non-hydrogen) atoms. The topological polar surface area (TPSA) is 67.6 Å². The minimum absolute atomic E-state index is 0.0177. The maximum Gasteiger partial charge on any atom is 0.246 e. The highest BCUT2D eigenvalue weighted by atomic mass is 16.5. The lowest BCUT2D eigenvalue weighted by molar-refractivity contribution is -0.117. The number of ether oxygens (including phenoxy) is 1. The Hall–Kier alpha value is -2.69. The molecule has 1 unspecified atom stereocenters. The minimum Gasteiger partial charge on any atom is -0.490 e. The van der Waals surface area contributed by atoms with Gasteiger partial charge in [0, 0.05) is 11.4 Å². The molecule has 138 valence electrons. The van der Waals surface area contributed by atoms with E-state index in [0.717, 1.165) is 41.1 Å². The zero-order valence-corrected chi connectivity index (χ0v) is 15.7. The third-order valence-electron chi connectivity index (χ3n) is 4.98. The average molecular weight is 353 g/mol. The number of nitrogens with one attached hydrogen (secondary N) is 1. The van der Waals surface area contributed by atoms with Crippen molar-refractivity contribution in [3.63, 3.8) is 0 Å². The zero-order valence-electron chi connectivity index (χ0n) is 15.7. The number of fused-ring (bicyclic) bond motifs is 1. The van der Waals surface area contributed by atoms with Crippen LogP contribution < -0.4 is 20.7 Å². The number of aryl methyl sites for hydroxylation is 2. The number of carbonyl (C=O) groups excluding carboxylic acids is 1. The van der Waals surface area contributed by atoms with Crippen molar-refractivity contribution in [2.75, 3.05) is 29.1 Å². The first kappa shape index (κ1) is 18.1. The number of nitrogens with zero attached hydrogens (tertiary/aromatic N) is 1. The van der Waals surface area contributed by atoms with Gasteiger partial charge in [0.05, 0.1) is 12.2 Å². The Balaban J connectivity index is 1.85. The second-order valence-electron chi connectivity index (χ2n) is 6.59. The van der Waals surface area contributed by atoms with Crippen LogP contribution in [0.4, 0.5) is 17.1 Å². The van der Waals surface area contributed by atoms with Gasteiger partial charge in [0.2, 0.25) is 5.91 Å². The van der Waals surface area contributed by atoms with E-state index in [2.05, 4.69) is 42.3 Å². The van der Waals surface area contributed by atoms with Crippen LogP contribution in [0.2, 0.25) is 0 Å². The lowest BCUT2D eigenvalue weighted by Gasteiger charge is -2.35. The summed E-state index contributed by atoms with van der Waals surface area (Å²) in [4.78, 5) is 15.1. The molecule has 0 saturated heterocycles. The number of anilines is 3. The van der Waals surface area contributed by atoms with Crippen LogP contribution in [-0.2, 0) is 17.6 Å². The number of amides is 1. The third kappa shape index (κ3) is 3.47. The molecule has 0 bridgehead atoms. The normalized spacial score (nSPS) is 14.3. The molecule has 0 fully saturated rings. The molecule has 0 aliphatic carbocycles. The monoisotopic (exact) mass is 353 g/mol. The first-order valence-electron chi connectivity index (χ1n) is 9.25. The van der Waals surface area contributed by atoms with E-state index >= 15 is 0 Å². The molecule has 0 radical (unpaired) electrons. The lowest BCUT2D eigenvalue weighted by atomic mass is 10.0. The molecule has 3 rings (SSSR count). The van der Waals surface area contributed by atoms with Crippen molar-refractivity contribution in [2.45, 2.75) is 39.7 Å². The smallest absolute Gasteiger partial charge is 0.246 e. The Labute approximate surface area is 155 Å². The highest BCUT2D eigenvalue weighted by molar-refractivity contribution is 5.98. The van der Waals surface area contributed by atoms with E-state index in [1.807, 2.05) is 25.1 Å². The van der Waals surface area contributed by atoms with Crippen molar-refractivity contribution in [2.24, 2.45) is 0 Å². The van der Waals surface area contributed by atoms with Gasteiger partial charge in [-0.05, 0) is 49.1 Å². The van der Waals surface area contributed by atoms with E-state index in [9.17, 15) is 4.79 Å². The number of carbonyl (C=O) groups is 1. The van der Waals surface area contributed by atoms with Crippen LogP contribution in [0.25, 0.3) is 0 Å². The fraction of sp³-hybridized carbons (Fsp3) is 0.381. The first-order valence-corrected chi connectivity index (χ1v) is 9.25. The lowest BCUT2D eigenvalue weighted by Crippen LogP contribution is -2.46. The number of nitrogen functional groups attached to an aromatic ring is 1. The van der Waals surface area contributed by atoms with E-state index < -0.39 is 0 Å². The van der Waals surface area contributed by atoms with Gasteiger partial charge in [-0.15, -0.1) is 0 Å². The number of para-hydroxylation sites is 1. The summed E-state index contributed by atoms with van der Waals surface area (Å²) in [6, 6.07) is 11.4. The fourth-order valence-corrected chi connectivity index (χ4v) is 3.43. The van der Waals surface area contributed by atoms with Crippen molar-refractivity contribution in [1.82, 2.24) is 0 Å². The highest BCUT2D eigenvalue weighted by Gasteiger charge is 2.27. The van der Waals surface area contributed by atoms with Gasteiger partial charge in [-0.1, -0.05) is 32.0 Å². The van der Waals surface area contributed by atoms with Crippen LogP contribution >= 0.6 is 0 Å². The summed E-state index contributed by atoms with van der Waals surface area (Å²) in [5.74, 6) is 0.754. The summed E-state index contributed by atoms with van der Waals surface area (Å²) < 4.78 is 5.70. The molecule has 5 nitrogen and oxygen atoms in total. The summed E-state index contributed by atoms with van der Waals surface area (Å²) in [7, 11) is 0. The van der Waals surface area contributed by atoms with E-state index in [4.69, 9.17) is 10.5 Å². The van der Waals surface area contributed by atoms with Crippen LogP contribution in [0.1, 0.15) is 31.9 Å². The van der Waals surface area contributed by atoms with Gasteiger partial charge in [0.15, 0.2) is 0 Å². The summed E-state index contributed by atoms with van der Waals surface area (Å²) in [6.07, 6.45) is 1.77. The molecular formula is C21H27N3O2. The van der Waals surface area contributed by atoms with Crippen LogP contribution in [0.15, 0.2) is 36.4 Å². The largest absolute Gasteiger partial charge is 0.490 e. The predicted molar refractivity (Wildman–Crippen MR) is 107 cm³/mol. The van der Waals surface area contributed by atoms with Gasteiger partial charge < -0.3 is 20.7 Å². The highest BCUT2D eigenvalue weighted by Crippen LogP contribution is 2.35. The number of hydrogen-bond donors (Lipinski definition) is 2. The molecule has 1 aliphatic rings. The molecule has 1 atom stereocenters. The number of hydrogen-bond acceptors (Lipinski definition) is 4. The van der Waals surface area contributed by atoms with Crippen molar-refractivity contribution in [3.05, 3.63) is 47.5 Å². The summed E-state index contributed by atoms with van der Waals surface area (Å²) in [6.45, 7) is 7.35. The van der Waals surface area contributed by atoms with Gasteiger partial charge in [0.1, 0.15) is 18.4 Å². The van der Waals surface area contributed by atoms with Crippen molar-refractivity contribution in [1.29, 1.82) is 0 Å². The zero-order chi connectivity index (χ0) is 18.7. The second kappa shape index (κ2) is 7.68. The molecule has 1 heterocycles. The summed E-state index contributed by atoms with van der Waals surface area (Å²) >= 11 is 0. The van der Waals surface area contributed by atoms with Crippen LogP contribution in [0, 0.1) is 0 Å². The SMILES string of the molecule is CCc1cccc(CC)c1NC(=O)C(C)N1CCOc2ccc(N)cc21. The Kier molecular flexibility index (Phi) is 5.35. The van der Waals surface area contributed by atoms with E-state index in [1.165, 1.54) is 0 Å². The van der Waals surface area contributed by atoms with E-state index in [0.29, 0.717) is 18.8 Å². The first-order chi connectivity index (χ1) is 12.5. The van der Waals surface area contributed by atoms with Crippen LogP contribution in [-0.4, -0.2) is 25.1 Å². The Morgan fingerprint density at radius 2 is 1.92 bits per heavy atom. The number of benzene rings is 2. The van der Waals surface area contributed by atoms with Gasteiger partial charge in [-0.25, -0.2) is 0 Å². The molecule has 0 saturated carbocycles. The Morgan fingerprint density at radius 3 is 2.58 bits per heavy atom. The Bertz CT molecular complexity index is 782. The van der Waals surface area contributed by atoms with Crippen molar-refractivity contribution < 1.29 is 9.53 Å². The molecule has 5 heteroatoms. The number of rotatable bonds is 5. The molecule has 0 spiro atoms. The predicted octanol–water partition coefficient (Wildman–Crippen LogP) is 3.62. The molecule has 2 aromatic carbocycles. The molecule has 1 aliphatic heterocycles. The quantitative estimate of drug-likeness (QED) is 0.806. The second-order valence-corrected chi connectivity index (χ2v) is 6.59. The maximum atomic E-state index is 13.0. The van der Waals surface area contributed by atoms with Crippen molar-refractivity contribution in [3.8, 4) is 5.75 Å². The van der Waals surface area contributed by atoms with Crippen LogP contribution in [0.3, 0.4) is 0 Å². The standard InChI is InChI=1S/C21H27N3O2/c1-4-15-7-6-8-16(5-2)20(15)23-21(25)14(3)24-11-12-26-19-10-9-17(22)13-18(19)24/h6-10,13-14H,4-5,11-12,22H2,1-3H3,(H,23,25). The molecule has 0 aromatic heterocycles. The Morgan fingerprint density at radius 1 is 1.23 bits per heavy atom. The third-order valence-corrected chi connectivity index (χ3v) is 4.98. The number of nitrogens with two attached hydrogens (primary N) is 1. The van der Waals surface area contributed by atoms with Gasteiger partial charge in [-0.2, -0.15) is 0 Å². The van der Waals surface area contributed by atoms with E-state index in [-0.39, 0.29) is 11.9 Å². The van der Waals surface area contributed by atoms with Gasteiger partial charge >= 0.3 is 0 Å².